The molecule has 3 aromatic rings. The summed E-state index contributed by atoms with van der Waals surface area (Å²) in [4.78, 5) is 30.0. The highest BCUT2D eigenvalue weighted by Crippen LogP contribution is 2.24. The molecule has 0 saturated carbocycles. The number of rotatable bonds is 5. The number of benzene rings is 2. The second kappa shape index (κ2) is 8.47. The third-order valence-corrected chi connectivity index (χ3v) is 5.44. The van der Waals surface area contributed by atoms with Crippen LogP contribution in [0.3, 0.4) is 0 Å². The van der Waals surface area contributed by atoms with Crippen molar-refractivity contribution in [2.45, 2.75) is 33.2 Å². The van der Waals surface area contributed by atoms with Gasteiger partial charge in [-0.05, 0) is 28.8 Å². The van der Waals surface area contributed by atoms with Crippen LogP contribution in [0.25, 0.3) is 0 Å². The number of halogens is 3. The quantitative estimate of drug-likeness (QED) is 0.601. The van der Waals surface area contributed by atoms with E-state index in [1.165, 1.54) is 23.9 Å². The van der Waals surface area contributed by atoms with Crippen LogP contribution in [0.2, 0.25) is 5.02 Å². The van der Waals surface area contributed by atoms with Crippen LogP contribution in [0.4, 0.5) is 8.78 Å². The highest BCUT2D eigenvalue weighted by atomic mass is 35.5. The number of hydrogen-bond donors (Lipinski definition) is 0. The van der Waals surface area contributed by atoms with Gasteiger partial charge in [0.15, 0.2) is 5.02 Å². The molecule has 0 N–H and O–H groups in total. The molecule has 1 amide bonds. The average Bonchev–Trinajstić information content (AvgIpc) is 3.16. The molecule has 6 nitrogen and oxygen atoms in total. The molecule has 2 aromatic carbocycles. The number of carbonyl (C=O) groups excluding carboxylic acids is 1. The molecule has 9 heteroatoms. The molecule has 2 heterocycles. The highest BCUT2D eigenvalue weighted by Gasteiger charge is 2.21. The van der Waals surface area contributed by atoms with Gasteiger partial charge in [0.1, 0.15) is 24.6 Å². The second-order valence-corrected chi connectivity index (χ2v) is 7.68. The lowest BCUT2D eigenvalue weighted by Crippen LogP contribution is -2.22. The Morgan fingerprint density at radius 2 is 1.94 bits per heavy atom. The minimum Gasteiger partial charge on any atom is -0.471 e. The maximum atomic E-state index is 13.7. The molecule has 4 rings (SSSR count). The van der Waals surface area contributed by atoms with E-state index < -0.39 is 17.2 Å². The summed E-state index contributed by atoms with van der Waals surface area (Å²) in [5.41, 5.74) is 2.60. The summed E-state index contributed by atoms with van der Waals surface area (Å²) < 4.78 is 33.5. The number of nitrogens with zero attached hydrogens (tertiary/aromatic N) is 3. The molecule has 0 fully saturated rings. The second-order valence-electron chi connectivity index (χ2n) is 7.30. The van der Waals surface area contributed by atoms with E-state index in [0.717, 1.165) is 28.8 Å². The predicted molar refractivity (Wildman–Crippen MR) is 110 cm³/mol. The van der Waals surface area contributed by atoms with E-state index in [2.05, 4.69) is 4.98 Å². The lowest BCUT2D eigenvalue weighted by molar-refractivity contribution is -0.129. The van der Waals surface area contributed by atoms with Gasteiger partial charge in [-0.25, -0.2) is 13.8 Å². The summed E-state index contributed by atoms with van der Waals surface area (Å²) in [6.45, 7) is 2.65. The maximum Gasteiger partial charge on any atom is 0.276 e. The zero-order valence-corrected chi connectivity index (χ0v) is 17.3. The van der Waals surface area contributed by atoms with Crippen LogP contribution in [-0.2, 0) is 31.0 Å². The average molecular weight is 446 g/mol. The summed E-state index contributed by atoms with van der Waals surface area (Å²) in [5, 5.41) is -0.228. The van der Waals surface area contributed by atoms with Gasteiger partial charge < -0.3 is 9.64 Å². The number of hydrogen-bond acceptors (Lipinski definition) is 4. The Morgan fingerprint density at radius 1 is 1.16 bits per heavy atom. The van der Waals surface area contributed by atoms with Crippen molar-refractivity contribution in [3.05, 3.63) is 92.0 Å². The van der Waals surface area contributed by atoms with Crippen LogP contribution in [0.15, 0.2) is 47.5 Å². The Balaban J connectivity index is 1.49. The van der Waals surface area contributed by atoms with Crippen LogP contribution < -0.4 is 10.3 Å². The van der Waals surface area contributed by atoms with E-state index in [-0.39, 0.29) is 35.5 Å². The monoisotopic (exact) mass is 445 g/mol. The molecule has 0 bridgehead atoms. The van der Waals surface area contributed by atoms with Gasteiger partial charge in [0.2, 0.25) is 11.8 Å². The van der Waals surface area contributed by atoms with Gasteiger partial charge in [-0.3, -0.25) is 14.2 Å². The summed E-state index contributed by atoms with van der Waals surface area (Å²) in [6.07, 6.45) is 1.31. The zero-order valence-electron chi connectivity index (χ0n) is 16.6. The molecule has 31 heavy (non-hydrogen) atoms. The third kappa shape index (κ3) is 4.44. The smallest absolute Gasteiger partial charge is 0.276 e. The molecule has 1 aliphatic rings. The Bertz CT molecular complexity index is 1230. The van der Waals surface area contributed by atoms with Crippen molar-refractivity contribution in [1.29, 1.82) is 0 Å². The van der Waals surface area contributed by atoms with Crippen molar-refractivity contribution >= 4 is 17.5 Å². The first-order chi connectivity index (χ1) is 14.8. The Labute approximate surface area is 181 Å². The highest BCUT2D eigenvalue weighted by molar-refractivity contribution is 6.31. The number of fused-ring (bicyclic) bond motifs is 1. The van der Waals surface area contributed by atoms with Gasteiger partial charge in [0.05, 0.1) is 6.54 Å². The molecule has 1 aromatic heterocycles. The standard InChI is InChI=1S/C22H18ClF2N3O3/c1-13(29)27-9-15-3-2-14(6-17(15)10-27)8-28-12-26-21(20(23)22(28)30)31-11-16-4-5-18(24)7-19(16)25/h2-7,12H,8-11H2,1H3. The van der Waals surface area contributed by atoms with Crippen LogP contribution >= 0.6 is 11.6 Å². The van der Waals surface area contributed by atoms with Crippen LogP contribution in [0.5, 0.6) is 5.88 Å². The van der Waals surface area contributed by atoms with Crippen molar-refractivity contribution in [3.8, 4) is 5.88 Å². The van der Waals surface area contributed by atoms with Gasteiger partial charge in [-0.15, -0.1) is 0 Å². The molecule has 0 radical (unpaired) electrons. The van der Waals surface area contributed by atoms with Gasteiger partial charge in [0, 0.05) is 31.6 Å². The fourth-order valence-electron chi connectivity index (χ4n) is 3.41. The fourth-order valence-corrected chi connectivity index (χ4v) is 3.62. The van der Waals surface area contributed by atoms with Crippen LogP contribution in [0.1, 0.15) is 29.2 Å². The summed E-state index contributed by atoms with van der Waals surface area (Å²) in [6, 6.07) is 8.91. The third-order valence-electron chi connectivity index (χ3n) is 5.12. The Morgan fingerprint density at radius 3 is 2.68 bits per heavy atom. The van der Waals surface area contributed by atoms with Gasteiger partial charge in [-0.1, -0.05) is 29.8 Å². The summed E-state index contributed by atoms with van der Waals surface area (Å²) in [5.74, 6) is -1.57. The molecule has 0 unspecified atom stereocenters. The molecule has 0 atom stereocenters. The van der Waals surface area contributed by atoms with Crippen molar-refractivity contribution < 1.29 is 18.3 Å². The zero-order chi connectivity index (χ0) is 22.1. The molecular weight excluding hydrogens is 428 g/mol. The first-order valence-corrected chi connectivity index (χ1v) is 9.87. The molecule has 160 valence electrons. The van der Waals surface area contributed by atoms with Crippen molar-refractivity contribution in [1.82, 2.24) is 14.5 Å². The molecule has 0 spiro atoms. The fraction of sp³-hybridized carbons (Fsp3) is 0.227. The molecular formula is C22H18ClF2N3O3. The number of ether oxygens (including phenoxy) is 1. The van der Waals surface area contributed by atoms with Crippen molar-refractivity contribution in [2.75, 3.05) is 0 Å². The number of aromatic nitrogens is 2. The molecule has 1 aliphatic heterocycles. The maximum absolute atomic E-state index is 13.7. The van der Waals surface area contributed by atoms with E-state index in [1.54, 1.807) is 4.90 Å². The normalized spacial score (nSPS) is 12.7. The topological polar surface area (TPSA) is 64.4 Å². The van der Waals surface area contributed by atoms with E-state index in [9.17, 15) is 18.4 Å². The first-order valence-electron chi connectivity index (χ1n) is 9.49. The SMILES string of the molecule is CC(=O)N1Cc2ccc(Cn3cnc(OCc4ccc(F)cc4F)c(Cl)c3=O)cc2C1. The van der Waals surface area contributed by atoms with E-state index in [1.807, 2.05) is 18.2 Å². The van der Waals surface area contributed by atoms with Gasteiger partial charge >= 0.3 is 0 Å². The minimum atomic E-state index is -0.760. The lowest BCUT2D eigenvalue weighted by atomic mass is 10.1. The van der Waals surface area contributed by atoms with E-state index >= 15 is 0 Å². The van der Waals surface area contributed by atoms with Gasteiger partial charge in [-0.2, -0.15) is 0 Å². The van der Waals surface area contributed by atoms with E-state index in [4.69, 9.17) is 16.3 Å². The number of amides is 1. The van der Waals surface area contributed by atoms with Crippen LogP contribution in [-0.4, -0.2) is 20.4 Å². The molecule has 0 aliphatic carbocycles. The first kappa shape index (κ1) is 21.0. The minimum absolute atomic E-state index is 0.0149. The Hall–Kier alpha value is -3.26. The Kier molecular flexibility index (Phi) is 5.73. The predicted octanol–water partition coefficient (Wildman–Crippen LogP) is 3.66. The largest absolute Gasteiger partial charge is 0.471 e. The lowest BCUT2D eigenvalue weighted by Gasteiger charge is -2.11. The summed E-state index contributed by atoms with van der Waals surface area (Å²) in [7, 11) is 0. The van der Waals surface area contributed by atoms with Crippen LogP contribution in [0, 0.1) is 11.6 Å². The van der Waals surface area contributed by atoms with E-state index in [0.29, 0.717) is 13.1 Å². The van der Waals surface area contributed by atoms with Crippen molar-refractivity contribution in [2.24, 2.45) is 0 Å². The number of carbonyl (C=O) groups is 1. The summed E-state index contributed by atoms with van der Waals surface area (Å²) >= 11 is 6.12. The molecule has 0 saturated heterocycles. The van der Waals surface area contributed by atoms with Gasteiger partial charge in [0.25, 0.3) is 5.56 Å². The van der Waals surface area contributed by atoms with Crippen molar-refractivity contribution in [3.63, 3.8) is 0 Å².